The summed E-state index contributed by atoms with van der Waals surface area (Å²) in [5, 5.41) is 12.0. The van der Waals surface area contributed by atoms with Crippen LogP contribution in [0.3, 0.4) is 0 Å². The zero-order valence-electron chi connectivity index (χ0n) is 33.2. The summed E-state index contributed by atoms with van der Waals surface area (Å²) in [4.78, 5) is 74.7. The molecule has 2 unspecified atom stereocenters. The van der Waals surface area contributed by atoms with Crippen LogP contribution >= 0.6 is 11.6 Å². The lowest BCUT2D eigenvalue weighted by atomic mass is 9.95. The van der Waals surface area contributed by atoms with Gasteiger partial charge in [-0.05, 0) is 99.5 Å². The van der Waals surface area contributed by atoms with E-state index < -0.39 is 23.8 Å². The molecule has 0 aromatic heterocycles. The molecule has 0 radical (unpaired) electrons. The van der Waals surface area contributed by atoms with E-state index in [0.717, 1.165) is 112 Å². The van der Waals surface area contributed by atoms with E-state index in [4.69, 9.17) is 16.3 Å². The first-order chi connectivity index (χ1) is 28.6. The number of imide groups is 2. The lowest BCUT2D eigenvalue weighted by Crippen LogP contribution is -2.54. The standard InChI is InChI=1S/C45H48ClN7O6/c1-27-39(12-4-30(25-47)41(27)46)59-35-22-33-7-8-34(23-35)52(33)43(56)29-2-5-31(6-3-29)51-20-18-49(19-21-51)26-28-14-16-50(17-15-28)32-9-10-36-37(24-32)45(58)53(44(36)57)38-11-13-40(54)48-42(38)55/h2-6,9-10,12,24,28,33-35,38H,7-8,11,13-23,26H2,1H3,(H,48,54,55)/t33-,34+,35?,38?. The summed E-state index contributed by atoms with van der Waals surface area (Å²) in [6.07, 6.45) is 5.77. The lowest BCUT2D eigenvalue weighted by Gasteiger charge is -2.40. The van der Waals surface area contributed by atoms with Gasteiger partial charge in [-0.15, -0.1) is 0 Å². The van der Waals surface area contributed by atoms with Gasteiger partial charge in [0.25, 0.3) is 17.7 Å². The van der Waals surface area contributed by atoms with Crippen molar-refractivity contribution in [1.29, 1.82) is 5.26 Å². The molecule has 0 aliphatic carbocycles. The highest BCUT2D eigenvalue weighted by atomic mass is 35.5. The third-order valence-corrected chi connectivity index (χ3v) is 13.9. The van der Waals surface area contributed by atoms with Gasteiger partial charge in [-0.3, -0.25) is 39.1 Å². The number of nitriles is 1. The van der Waals surface area contributed by atoms with Crippen LogP contribution in [0.1, 0.15) is 93.6 Å². The maximum Gasteiger partial charge on any atom is 0.262 e. The largest absolute Gasteiger partial charge is 0.490 e. The van der Waals surface area contributed by atoms with E-state index in [1.807, 2.05) is 31.2 Å². The number of hydrogen-bond acceptors (Lipinski definition) is 10. The third-order valence-electron chi connectivity index (χ3n) is 13.4. The highest BCUT2D eigenvalue weighted by Gasteiger charge is 2.46. The summed E-state index contributed by atoms with van der Waals surface area (Å²) in [5.74, 6) is -0.599. The monoisotopic (exact) mass is 817 g/mol. The minimum atomic E-state index is -0.969. The third kappa shape index (κ3) is 7.42. The number of nitrogens with zero attached hydrogens (tertiary/aromatic N) is 6. The number of hydrogen-bond donors (Lipinski definition) is 1. The Kier molecular flexibility index (Phi) is 10.6. The molecule has 5 amide bonds. The summed E-state index contributed by atoms with van der Waals surface area (Å²) in [6, 6.07) is 18.4. The number of benzene rings is 3. The molecule has 5 fully saturated rings. The van der Waals surface area contributed by atoms with Crippen molar-refractivity contribution < 1.29 is 28.7 Å². The number of rotatable bonds is 8. The smallest absolute Gasteiger partial charge is 0.262 e. The van der Waals surface area contributed by atoms with Crippen LogP contribution in [0.4, 0.5) is 11.4 Å². The Labute approximate surface area is 348 Å². The maximum absolute atomic E-state index is 13.8. The Bertz CT molecular complexity index is 2230. The number of anilines is 2. The second kappa shape index (κ2) is 16.0. The molecule has 5 saturated heterocycles. The first kappa shape index (κ1) is 39.0. The maximum atomic E-state index is 13.8. The van der Waals surface area contributed by atoms with Crippen molar-refractivity contribution in [2.75, 3.05) is 55.6 Å². The molecule has 6 heterocycles. The summed E-state index contributed by atoms with van der Waals surface area (Å²) < 4.78 is 6.40. The summed E-state index contributed by atoms with van der Waals surface area (Å²) in [6.45, 7) is 8.42. The summed E-state index contributed by atoms with van der Waals surface area (Å²) >= 11 is 6.39. The fourth-order valence-corrected chi connectivity index (χ4v) is 10.4. The molecular formula is C45H48ClN7O6. The predicted molar refractivity (Wildman–Crippen MR) is 221 cm³/mol. The van der Waals surface area contributed by atoms with E-state index in [1.165, 1.54) is 0 Å². The summed E-state index contributed by atoms with van der Waals surface area (Å²) in [5.41, 5.74) is 4.59. The fourth-order valence-electron chi connectivity index (χ4n) is 10.2. The van der Waals surface area contributed by atoms with Gasteiger partial charge in [0.1, 0.15) is 24.0 Å². The Morgan fingerprint density at radius 1 is 0.814 bits per heavy atom. The minimum Gasteiger partial charge on any atom is -0.490 e. The molecule has 9 rings (SSSR count). The second-order valence-corrected chi connectivity index (χ2v) is 17.3. The van der Waals surface area contributed by atoms with Gasteiger partial charge in [0.15, 0.2) is 0 Å². The number of nitrogens with one attached hydrogen (secondary N) is 1. The van der Waals surface area contributed by atoms with E-state index in [0.29, 0.717) is 33.4 Å². The van der Waals surface area contributed by atoms with Crippen LogP contribution in [0.5, 0.6) is 5.75 Å². The number of amides is 5. The van der Waals surface area contributed by atoms with E-state index in [2.05, 4.69) is 43.1 Å². The summed E-state index contributed by atoms with van der Waals surface area (Å²) in [7, 11) is 0. The number of fused-ring (bicyclic) bond motifs is 3. The first-order valence-electron chi connectivity index (χ1n) is 20.9. The van der Waals surface area contributed by atoms with Crippen LogP contribution in [0, 0.1) is 24.2 Å². The Morgan fingerprint density at radius 3 is 2.15 bits per heavy atom. The number of piperidine rings is 3. The SMILES string of the molecule is Cc1c(OC2C[C@H]3CC[C@@H](C2)N3C(=O)c2ccc(N3CCN(CC4CCN(c5ccc6c(c5)C(=O)N(C5CCC(=O)NC5=O)C6=O)CC4)CC3)cc2)ccc(C#N)c1Cl. The van der Waals surface area contributed by atoms with Gasteiger partial charge in [-0.2, -0.15) is 5.26 Å². The van der Waals surface area contributed by atoms with Crippen molar-refractivity contribution in [2.45, 2.75) is 82.5 Å². The molecule has 59 heavy (non-hydrogen) atoms. The number of piperazine rings is 1. The van der Waals surface area contributed by atoms with Gasteiger partial charge in [0.2, 0.25) is 11.8 Å². The molecule has 306 valence electrons. The Morgan fingerprint density at radius 2 is 1.47 bits per heavy atom. The van der Waals surface area contributed by atoms with Gasteiger partial charge in [0, 0.05) is 99.7 Å². The number of carbonyl (C=O) groups is 5. The van der Waals surface area contributed by atoms with Gasteiger partial charge in [-0.25, -0.2) is 0 Å². The molecular weight excluding hydrogens is 770 g/mol. The van der Waals surface area contributed by atoms with Crippen LogP contribution < -0.4 is 19.9 Å². The molecule has 3 aromatic carbocycles. The van der Waals surface area contributed by atoms with Crippen molar-refractivity contribution in [1.82, 2.24) is 20.0 Å². The van der Waals surface area contributed by atoms with Crippen molar-refractivity contribution in [3.63, 3.8) is 0 Å². The zero-order valence-corrected chi connectivity index (χ0v) is 34.0. The molecule has 6 aliphatic rings. The second-order valence-electron chi connectivity index (χ2n) is 16.9. The fraction of sp³-hybridized carbons (Fsp3) is 0.467. The normalized spacial score (nSPS) is 25.0. The number of halogens is 1. The molecule has 14 heteroatoms. The van der Waals surface area contributed by atoms with Crippen LogP contribution in [-0.4, -0.2) is 114 Å². The number of ether oxygens (including phenoxy) is 1. The van der Waals surface area contributed by atoms with Crippen LogP contribution in [-0.2, 0) is 9.59 Å². The molecule has 6 aliphatic heterocycles. The molecule has 0 saturated carbocycles. The van der Waals surface area contributed by atoms with E-state index in [1.54, 1.807) is 18.2 Å². The van der Waals surface area contributed by atoms with E-state index in [-0.39, 0.29) is 42.8 Å². The van der Waals surface area contributed by atoms with Crippen LogP contribution in [0.15, 0.2) is 54.6 Å². The number of carbonyl (C=O) groups excluding carboxylic acids is 5. The van der Waals surface area contributed by atoms with Crippen molar-refractivity contribution >= 4 is 52.5 Å². The van der Waals surface area contributed by atoms with Crippen LogP contribution in [0.2, 0.25) is 5.02 Å². The quantitative estimate of drug-likeness (QED) is 0.302. The van der Waals surface area contributed by atoms with Crippen molar-refractivity contribution in [3.8, 4) is 11.8 Å². The average molecular weight is 818 g/mol. The van der Waals surface area contributed by atoms with Gasteiger partial charge < -0.3 is 19.4 Å². The zero-order chi connectivity index (χ0) is 40.9. The Balaban J connectivity index is 0.732. The Hall–Kier alpha value is -5.45. The highest BCUT2D eigenvalue weighted by molar-refractivity contribution is 6.32. The van der Waals surface area contributed by atoms with Crippen LogP contribution in [0.25, 0.3) is 0 Å². The molecule has 0 spiro atoms. The molecule has 13 nitrogen and oxygen atoms in total. The first-order valence-corrected chi connectivity index (χ1v) is 21.3. The average Bonchev–Trinajstić information content (AvgIpc) is 3.66. The molecule has 3 aromatic rings. The van der Waals surface area contributed by atoms with Gasteiger partial charge >= 0.3 is 0 Å². The van der Waals surface area contributed by atoms with E-state index >= 15 is 0 Å². The van der Waals surface area contributed by atoms with Gasteiger partial charge in [0.05, 0.1) is 21.7 Å². The topological polar surface area (TPSA) is 147 Å². The lowest BCUT2D eigenvalue weighted by molar-refractivity contribution is -0.136. The minimum absolute atomic E-state index is 0.00590. The van der Waals surface area contributed by atoms with E-state index in [9.17, 15) is 29.2 Å². The van der Waals surface area contributed by atoms with Crippen molar-refractivity contribution in [2.24, 2.45) is 5.92 Å². The highest BCUT2D eigenvalue weighted by Crippen LogP contribution is 2.40. The predicted octanol–water partition coefficient (Wildman–Crippen LogP) is 5.17. The van der Waals surface area contributed by atoms with Gasteiger partial charge in [-0.1, -0.05) is 11.6 Å². The van der Waals surface area contributed by atoms with Crippen molar-refractivity contribution in [3.05, 3.63) is 87.4 Å². The molecule has 2 bridgehead atoms. The molecule has 1 N–H and O–H groups in total. The molecule has 4 atom stereocenters.